The standard InChI is InChI=1S/C13H21N3S/c1-2-13-15-12(9-17-13)8-16-4-3-10-5-14-6-11(10)7-16/h9-11,14H,2-8H2,1H3. The zero-order valence-electron chi connectivity index (χ0n) is 10.5. The van der Waals surface area contributed by atoms with Gasteiger partial charge in [-0.1, -0.05) is 6.92 Å². The monoisotopic (exact) mass is 251 g/mol. The Morgan fingerprint density at radius 2 is 2.35 bits per heavy atom. The van der Waals surface area contributed by atoms with Crippen LogP contribution in [0.2, 0.25) is 0 Å². The molecule has 0 aromatic carbocycles. The summed E-state index contributed by atoms with van der Waals surface area (Å²) in [7, 11) is 0. The highest BCUT2D eigenvalue weighted by atomic mass is 32.1. The van der Waals surface area contributed by atoms with Gasteiger partial charge in [-0.3, -0.25) is 4.90 Å². The fourth-order valence-corrected chi connectivity index (χ4v) is 3.80. The molecule has 2 atom stereocenters. The van der Waals surface area contributed by atoms with Crippen molar-refractivity contribution in [2.75, 3.05) is 26.2 Å². The van der Waals surface area contributed by atoms with Crippen molar-refractivity contribution in [1.29, 1.82) is 0 Å². The fraction of sp³-hybridized carbons (Fsp3) is 0.769. The predicted molar refractivity (Wildman–Crippen MR) is 71.2 cm³/mol. The van der Waals surface area contributed by atoms with E-state index in [1.54, 1.807) is 0 Å². The Morgan fingerprint density at radius 1 is 1.47 bits per heavy atom. The molecule has 1 aromatic heterocycles. The van der Waals surface area contributed by atoms with E-state index >= 15 is 0 Å². The molecular weight excluding hydrogens is 230 g/mol. The van der Waals surface area contributed by atoms with Gasteiger partial charge in [0.05, 0.1) is 10.7 Å². The van der Waals surface area contributed by atoms with Gasteiger partial charge in [0, 0.05) is 18.5 Å². The number of fused-ring (bicyclic) bond motifs is 1. The lowest BCUT2D eigenvalue weighted by molar-refractivity contribution is 0.141. The van der Waals surface area contributed by atoms with Crippen LogP contribution in [-0.4, -0.2) is 36.1 Å². The molecule has 0 amide bonds. The summed E-state index contributed by atoms with van der Waals surface area (Å²) in [4.78, 5) is 7.26. The second-order valence-electron chi connectivity index (χ2n) is 5.29. The van der Waals surface area contributed by atoms with Crippen molar-refractivity contribution in [2.24, 2.45) is 11.8 Å². The molecule has 2 unspecified atom stereocenters. The van der Waals surface area contributed by atoms with Gasteiger partial charge in [-0.25, -0.2) is 4.98 Å². The molecule has 3 heterocycles. The maximum atomic E-state index is 4.67. The summed E-state index contributed by atoms with van der Waals surface area (Å²) in [5.74, 6) is 1.82. The molecule has 0 aliphatic carbocycles. The molecule has 4 heteroatoms. The third-order valence-electron chi connectivity index (χ3n) is 4.08. The summed E-state index contributed by atoms with van der Waals surface area (Å²) in [6, 6.07) is 0. The first-order chi connectivity index (χ1) is 8.35. The number of piperidine rings is 1. The van der Waals surface area contributed by atoms with E-state index in [0.29, 0.717) is 0 Å². The van der Waals surface area contributed by atoms with Gasteiger partial charge in [0.15, 0.2) is 0 Å². The minimum Gasteiger partial charge on any atom is -0.316 e. The maximum Gasteiger partial charge on any atom is 0.0926 e. The third-order valence-corrected chi connectivity index (χ3v) is 5.12. The second kappa shape index (κ2) is 5.04. The minimum atomic E-state index is 0.882. The van der Waals surface area contributed by atoms with Crippen molar-refractivity contribution < 1.29 is 0 Å². The van der Waals surface area contributed by atoms with Gasteiger partial charge >= 0.3 is 0 Å². The van der Waals surface area contributed by atoms with Crippen molar-refractivity contribution in [3.63, 3.8) is 0 Å². The van der Waals surface area contributed by atoms with Crippen molar-refractivity contribution in [1.82, 2.24) is 15.2 Å². The van der Waals surface area contributed by atoms with E-state index in [0.717, 1.165) is 24.8 Å². The number of nitrogens with one attached hydrogen (secondary N) is 1. The summed E-state index contributed by atoms with van der Waals surface area (Å²) < 4.78 is 0. The second-order valence-corrected chi connectivity index (χ2v) is 6.23. The van der Waals surface area contributed by atoms with Crippen LogP contribution in [0.3, 0.4) is 0 Å². The molecular formula is C13H21N3S. The lowest BCUT2D eigenvalue weighted by atomic mass is 9.89. The average Bonchev–Trinajstić information content (AvgIpc) is 2.96. The molecule has 2 fully saturated rings. The van der Waals surface area contributed by atoms with Crippen molar-refractivity contribution in [3.05, 3.63) is 16.1 Å². The molecule has 2 aliphatic heterocycles. The summed E-state index contributed by atoms with van der Waals surface area (Å²) in [5.41, 5.74) is 1.27. The van der Waals surface area contributed by atoms with Gasteiger partial charge in [-0.2, -0.15) is 0 Å². The molecule has 0 spiro atoms. The SMILES string of the molecule is CCc1nc(CN2CCC3CNCC3C2)cs1. The largest absolute Gasteiger partial charge is 0.316 e. The molecule has 94 valence electrons. The first-order valence-electron chi connectivity index (χ1n) is 6.71. The first kappa shape index (κ1) is 11.6. The Bertz CT molecular complexity index is 376. The number of thiazole rings is 1. The van der Waals surface area contributed by atoms with Crippen LogP contribution in [0.5, 0.6) is 0 Å². The summed E-state index contributed by atoms with van der Waals surface area (Å²) in [6.45, 7) is 8.21. The average molecular weight is 251 g/mol. The summed E-state index contributed by atoms with van der Waals surface area (Å²) in [5, 5.41) is 7.03. The van der Waals surface area contributed by atoms with Crippen LogP contribution in [0.25, 0.3) is 0 Å². The van der Waals surface area contributed by atoms with Gasteiger partial charge < -0.3 is 5.32 Å². The zero-order chi connectivity index (χ0) is 11.7. The third kappa shape index (κ3) is 2.54. The highest BCUT2D eigenvalue weighted by Gasteiger charge is 2.32. The Morgan fingerprint density at radius 3 is 3.18 bits per heavy atom. The van der Waals surface area contributed by atoms with E-state index in [9.17, 15) is 0 Å². The fourth-order valence-electron chi connectivity index (χ4n) is 3.07. The Balaban J connectivity index is 1.58. The Kier molecular flexibility index (Phi) is 3.45. The topological polar surface area (TPSA) is 28.2 Å². The van der Waals surface area contributed by atoms with Gasteiger partial charge in [0.2, 0.25) is 0 Å². The van der Waals surface area contributed by atoms with E-state index in [2.05, 4.69) is 27.5 Å². The van der Waals surface area contributed by atoms with Crippen LogP contribution < -0.4 is 5.32 Å². The minimum absolute atomic E-state index is 0.882. The van der Waals surface area contributed by atoms with Crippen LogP contribution >= 0.6 is 11.3 Å². The normalized spacial score (nSPS) is 29.5. The number of aryl methyl sites for hydroxylation is 1. The van der Waals surface area contributed by atoms with Gasteiger partial charge in [-0.05, 0) is 44.3 Å². The Hall–Kier alpha value is -0.450. The lowest BCUT2D eigenvalue weighted by Crippen LogP contribution is -2.39. The summed E-state index contributed by atoms with van der Waals surface area (Å²) >= 11 is 1.81. The van der Waals surface area contributed by atoms with E-state index < -0.39 is 0 Å². The molecule has 1 aromatic rings. The Labute approximate surface area is 107 Å². The molecule has 3 rings (SSSR count). The number of hydrogen-bond acceptors (Lipinski definition) is 4. The van der Waals surface area contributed by atoms with Gasteiger partial charge in [0.25, 0.3) is 0 Å². The van der Waals surface area contributed by atoms with Crippen LogP contribution in [0.15, 0.2) is 5.38 Å². The number of rotatable bonds is 3. The molecule has 0 saturated carbocycles. The van der Waals surface area contributed by atoms with Crippen molar-refractivity contribution in [2.45, 2.75) is 26.3 Å². The number of hydrogen-bond donors (Lipinski definition) is 1. The molecule has 17 heavy (non-hydrogen) atoms. The molecule has 2 aliphatic rings. The van der Waals surface area contributed by atoms with Crippen LogP contribution in [0.4, 0.5) is 0 Å². The lowest BCUT2D eigenvalue weighted by Gasteiger charge is -2.33. The van der Waals surface area contributed by atoms with Gasteiger partial charge in [-0.15, -0.1) is 11.3 Å². The van der Waals surface area contributed by atoms with Crippen molar-refractivity contribution >= 4 is 11.3 Å². The van der Waals surface area contributed by atoms with Crippen LogP contribution in [0.1, 0.15) is 24.0 Å². The predicted octanol–water partition coefficient (Wildman–Crippen LogP) is 1.75. The molecule has 0 radical (unpaired) electrons. The molecule has 0 bridgehead atoms. The van der Waals surface area contributed by atoms with E-state index in [-0.39, 0.29) is 0 Å². The van der Waals surface area contributed by atoms with E-state index in [1.807, 2.05) is 11.3 Å². The molecule has 1 N–H and O–H groups in total. The van der Waals surface area contributed by atoms with E-state index in [1.165, 1.54) is 43.3 Å². The van der Waals surface area contributed by atoms with E-state index in [4.69, 9.17) is 0 Å². The van der Waals surface area contributed by atoms with Crippen LogP contribution in [0, 0.1) is 11.8 Å². The molecule has 2 saturated heterocycles. The number of nitrogens with zero attached hydrogens (tertiary/aromatic N) is 2. The maximum absolute atomic E-state index is 4.67. The van der Waals surface area contributed by atoms with Crippen molar-refractivity contribution in [3.8, 4) is 0 Å². The van der Waals surface area contributed by atoms with Gasteiger partial charge in [0.1, 0.15) is 0 Å². The smallest absolute Gasteiger partial charge is 0.0926 e. The zero-order valence-corrected chi connectivity index (χ0v) is 11.3. The first-order valence-corrected chi connectivity index (χ1v) is 7.59. The highest BCUT2D eigenvalue weighted by Crippen LogP contribution is 2.27. The highest BCUT2D eigenvalue weighted by molar-refractivity contribution is 7.09. The summed E-state index contributed by atoms with van der Waals surface area (Å²) in [6.07, 6.45) is 2.43. The molecule has 3 nitrogen and oxygen atoms in total. The van der Waals surface area contributed by atoms with Crippen LogP contribution in [-0.2, 0) is 13.0 Å². The number of aromatic nitrogens is 1. The quantitative estimate of drug-likeness (QED) is 0.887. The number of likely N-dealkylation sites (tertiary alicyclic amines) is 1.